The zero-order chi connectivity index (χ0) is 22.3. The molecule has 7 heteroatoms. The van der Waals surface area contributed by atoms with Gasteiger partial charge in [-0.25, -0.2) is 9.48 Å². The van der Waals surface area contributed by atoms with Gasteiger partial charge in [-0.3, -0.25) is 13.9 Å². The van der Waals surface area contributed by atoms with Crippen molar-refractivity contribution in [2.75, 3.05) is 5.32 Å². The first-order chi connectivity index (χ1) is 13.9. The van der Waals surface area contributed by atoms with Crippen molar-refractivity contribution < 1.29 is 4.79 Å². The molecule has 7 nitrogen and oxygen atoms in total. The number of carbonyl (C=O) groups is 1. The van der Waals surface area contributed by atoms with Crippen LogP contribution in [-0.4, -0.2) is 24.8 Å². The van der Waals surface area contributed by atoms with Crippen LogP contribution in [-0.2, 0) is 28.8 Å². The van der Waals surface area contributed by atoms with Gasteiger partial charge in [-0.15, -0.1) is 0 Å². The fourth-order valence-corrected chi connectivity index (χ4v) is 3.56. The number of anilines is 1. The van der Waals surface area contributed by atoms with E-state index >= 15 is 0 Å². The van der Waals surface area contributed by atoms with Crippen LogP contribution in [0.4, 0.5) is 5.82 Å². The van der Waals surface area contributed by atoms with Gasteiger partial charge in [-0.1, -0.05) is 32.9 Å². The van der Waals surface area contributed by atoms with Gasteiger partial charge in [-0.05, 0) is 39.8 Å². The molecule has 0 saturated carbocycles. The number of aryl methyl sites for hydroxylation is 2. The summed E-state index contributed by atoms with van der Waals surface area (Å²) in [4.78, 5) is 25.5. The molecule has 0 aliphatic carbocycles. The quantitative estimate of drug-likeness (QED) is 0.687. The molecule has 1 amide bonds. The Labute approximate surface area is 177 Å². The highest BCUT2D eigenvalue weighted by atomic mass is 16.2. The van der Waals surface area contributed by atoms with Crippen LogP contribution in [0.5, 0.6) is 0 Å². The monoisotopic (exact) mass is 411 g/mol. The van der Waals surface area contributed by atoms with Crippen molar-refractivity contribution in [2.24, 2.45) is 0 Å². The minimum atomic E-state index is -0.266. The van der Waals surface area contributed by atoms with Crippen LogP contribution >= 0.6 is 0 Å². The standard InChI is InChI=1S/C23H33N5O2/c1-8-26-16-11-9-10-12-17(16)27(21(26)30)14-13-20(29)24-19-15-18(22(2,3)4)25-28(19)23(5,6)7/h9-12,15H,8,13-14H2,1-7H3,(H,24,29). The van der Waals surface area contributed by atoms with Crippen molar-refractivity contribution in [1.82, 2.24) is 18.9 Å². The third-order valence-corrected chi connectivity index (χ3v) is 5.18. The molecule has 0 fully saturated rings. The van der Waals surface area contributed by atoms with Crippen molar-refractivity contribution in [2.45, 2.75) is 78.9 Å². The Bertz CT molecular complexity index is 1120. The number of hydrogen-bond acceptors (Lipinski definition) is 3. The summed E-state index contributed by atoms with van der Waals surface area (Å²) in [5.41, 5.74) is 2.21. The largest absolute Gasteiger partial charge is 0.329 e. The predicted molar refractivity (Wildman–Crippen MR) is 121 cm³/mol. The normalized spacial score (nSPS) is 12.5. The van der Waals surface area contributed by atoms with Crippen LogP contribution in [0, 0.1) is 0 Å². The van der Waals surface area contributed by atoms with E-state index in [1.807, 2.05) is 41.9 Å². The molecule has 162 valence electrons. The van der Waals surface area contributed by atoms with E-state index in [9.17, 15) is 9.59 Å². The predicted octanol–water partition coefficient (Wildman–Crippen LogP) is 4.10. The van der Waals surface area contributed by atoms with Gasteiger partial charge >= 0.3 is 5.69 Å². The number of nitrogens with one attached hydrogen (secondary N) is 1. The minimum Gasteiger partial charge on any atom is -0.311 e. The van der Waals surface area contributed by atoms with Crippen molar-refractivity contribution in [1.29, 1.82) is 0 Å². The van der Waals surface area contributed by atoms with E-state index in [1.54, 1.807) is 9.13 Å². The summed E-state index contributed by atoms with van der Waals surface area (Å²) < 4.78 is 5.28. The molecule has 0 aliphatic rings. The summed E-state index contributed by atoms with van der Waals surface area (Å²) in [7, 11) is 0. The summed E-state index contributed by atoms with van der Waals surface area (Å²) in [6, 6.07) is 9.63. The van der Waals surface area contributed by atoms with E-state index in [1.165, 1.54) is 0 Å². The van der Waals surface area contributed by atoms with Crippen molar-refractivity contribution in [3.05, 3.63) is 46.5 Å². The van der Waals surface area contributed by atoms with Gasteiger partial charge in [0.1, 0.15) is 5.82 Å². The van der Waals surface area contributed by atoms with Gasteiger partial charge in [0.25, 0.3) is 0 Å². The number of imidazole rings is 1. The molecule has 0 saturated heterocycles. The van der Waals surface area contributed by atoms with Gasteiger partial charge in [-0.2, -0.15) is 5.10 Å². The third kappa shape index (κ3) is 4.20. The molecule has 1 aromatic carbocycles. The fraction of sp³-hybridized carbons (Fsp3) is 0.522. The highest BCUT2D eigenvalue weighted by Crippen LogP contribution is 2.28. The van der Waals surface area contributed by atoms with Crippen LogP contribution in [0.25, 0.3) is 11.0 Å². The molecule has 30 heavy (non-hydrogen) atoms. The maximum atomic E-state index is 12.8. The molecule has 0 unspecified atom stereocenters. The van der Waals surface area contributed by atoms with Crippen LogP contribution in [0.15, 0.2) is 35.1 Å². The maximum Gasteiger partial charge on any atom is 0.329 e. The zero-order valence-corrected chi connectivity index (χ0v) is 19.1. The molecular formula is C23H33N5O2. The fourth-order valence-electron chi connectivity index (χ4n) is 3.56. The molecule has 0 spiro atoms. The molecule has 2 heterocycles. The Kier molecular flexibility index (Phi) is 5.67. The van der Waals surface area contributed by atoms with E-state index in [0.717, 1.165) is 16.7 Å². The average molecular weight is 412 g/mol. The SMILES string of the molecule is CCn1c(=O)n(CCC(=O)Nc2cc(C(C)(C)C)nn2C(C)(C)C)c2ccccc21. The number of benzene rings is 1. The van der Waals surface area contributed by atoms with Crippen LogP contribution in [0.2, 0.25) is 0 Å². The van der Waals surface area contributed by atoms with Crippen LogP contribution < -0.4 is 11.0 Å². The maximum absolute atomic E-state index is 12.8. The highest BCUT2D eigenvalue weighted by molar-refractivity contribution is 5.90. The number of hydrogen-bond donors (Lipinski definition) is 1. The number of rotatable bonds is 5. The van der Waals surface area contributed by atoms with Crippen LogP contribution in [0.3, 0.4) is 0 Å². The lowest BCUT2D eigenvalue weighted by atomic mass is 9.92. The molecule has 0 atom stereocenters. The Balaban J connectivity index is 1.83. The van der Waals surface area contributed by atoms with Crippen LogP contribution in [0.1, 0.15) is 60.6 Å². The lowest BCUT2D eigenvalue weighted by molar-refractivity contribution is -0.116. The van der Waals surface area contributed by atoms with E-state index in [0.29, 0.717) is 18.9 Å². The van der Waals surface area contributed by atoms with E-state index in [2.05, 4.69) is 46.9 Å². The average Bonchev–Trinajstić information content (AvgIpc) is 3.18. The highest BCUT2D eigenvalue weighted by Gasteiger charge is 2.25. The van der Waals surface area contributed by atoms with E-state index < -0.39 is 0 Å². The number of aromatic nitrogens is 4. The molecule has 1 N–H and O–H groups in total. The number of nitrogens with zero attached hydrogens (tertiary/aromatic N) is 4. The second-order valence-electron chi connectivity index (χ2n) is 9.71. The van der Waals surface area contributed by atoms with E-state index in [-0.39, 0.29) is 29.0 Å². The summed E-state index contributed by atoms with van der Waals surface area (Å²) in [5, 5.41) is 7.74. The first-order valence-electron chi connectivity index (χ1n) is 10.5. The second kappa shape index (κ2) is 7.78. The van der Waals surface area contributed by atoms with Gasteiger partial charge in [0, 0.05) is 31.0 Å². The lowest BCUT2D eigenvalue weighted by Crippen LogP contribution is -2.28. The minimum absolute atomic E-state index is 0.0822. The van der Waals surface area contributed by atoms with Crippen molar-refractivity contribution in [3.8, 4) is 0 Å². The molecule has 0 aliphatic heterocycles. The van der Waals surface area contributed by atoms with Gasteiger partial charge in [0.05, 0.1) is 22.3 Å². The molecular weight excluding hydrogens is 378 g/mol. The number of para-hydroxylation sites is 2. The summed E-state index contributed by atoms with van der Waals surface area (Å²) >= 11 is 0. The second-order valence-corrected chi connectivity index (χ2v) is 9.71. The van der Waals surface area contributed by atoms with Crippen molar-refractivity contribution in [3.63, 3.8) is 0 Å². The number of carbonyl (C=O) groups excluding carboxylic acids is 1. The van der Waals surface area contributed by atoms with Crippen molar-refractivity contribution >= 4 is 22.8 Å². The Morgan fingerprint density at radius 2 is 1.63 bits per heavy atom. The third-order valence-electron chi connectivity index (χ3n) is 5.18. The summed E-state index contributed by atoms with van der Waals surface area (Å²) in [6.07, 6.45) is 0.206. The summed E-state index contributed by atoms with van der Waals surface area (Å²) in [6.45, 7) is 15.3. The Hall–Kier alpha value is -2.83. The topological polar surface area (TPSA) is 73.8 Å². The smallest absolute Gasteiger partial charge is 0.311 e. The number of amides is 1. The first kappa shape index (κ1) is 21.9. The van der Waals surface area contributed by atoms with E-state index in [4.69, 9.17) is 5.10 Å². The molecule has 3 rings (SSSR count). The molecule has 0 radical (unpaired) electrons. The molecule has 3 aromatic rings. The number of fused-ring (bicyclic) bond motifs is 1. The lowest BCUT2D eigenvalue weighted by Gasteiger charge is -2.23. The first-order valence-corrected chi connectivity index (χ1v) is 10.5. The molecule has 0 bridgehead atoms. The van der Waals surface area contributed by atoms with Gasteiger partial charge < -0.3 is 5.32 Å². The molecule has 2 aromatic heterocycles. The zero-order valence-electron chi connectivity index (χ0n) is 19.1. The summed E-state index contributed by atoms with van der Waals surface area (Å²) in [5.74, 6) is 0.543. The Morgan fingerprint density at radius 3 is 2.17 bits per heavy atom. The Morgan fingerprint density at radius 1 is 1.03 bits per heavy atom. The van der Waals surface area contributed by atoms with Gasteiger partial charge in [0.15, 0.2) is 0 Å². The van der Waals surface area contributed by atoms with Gasteiger partial charge in [0.2, 0.25) is 5.91 Å².